The monoisotopic (exact) mass is 293 g/mol. The van der Waals surface area contributed by atoms with E-state index in [0.717, 1.165) is 31.5 Å². The van der Waals surface area contributed by atoms with Crippen LogP contribution in [-0.4, -0.2) is 37.1 Å². The van der Waals surface area contributed by atoms with Gasteiger partial charge in [0, 0.05) is 37.5 Å². The highest BCUT2D eigenvalue weighted by molar-refractivity contribution is 5.93. The molecule has 1 rings (SSSR count). The quantitative estimate of drug-likeness (QED) is 0.682. The molecule has 21 heavy (non-hydrogen) atoms. The maximum Gasteiger partial charge on any atom is 0.248 e. The molecule has 0 aromatic heterocycles. The molecule has 0 aliphatic heterocycles. The first kappa shape index (κ1) is 17.5. The molecule has 0 spiro atoms. The minimum Gasteiger partial charge on any atom is -0.398 e. The molecule has 0 bridgehead atoms. The van der Waals surface area contributed by atoms with E-state index in [1.54, 1.807) is 19.2 Å². The van der Waals surface area contributed by atoms with Crippen LogP contribution >= 0.6 is 0 Å². The summed E-state index contributed by atoms with van der Waals surface area (Å²) in [5, 5.41) is 0. The van der Waals surface area contributed by atoms with Gasteiger partial charge in [-0.25, -0.2) is 0 Å². The lowest BCUT2D eigenvalue weighted by atomic mass is 10.1. The number of benzene rings is 1. The van der Waals surface area contributed by atoms with Gasteiger partial charge in [-0.3, -0.25) is 9.69 Å². The molecule has 5 heteroatoms. The van der Waals surface area contributed by atoms with Crippen molar-refractivity contribution in [2.24, 2.45) is 5.73 Å². The Morgan fingerprint density at radius 2 is 2.00 bits per heavy atom. The van der Waals surface area contributed by atoms with E-state index in [9.17, 15) is 4.79 Å². The van der Waals surface area contributed by atoms with E-state index in [1.165, 1.54) is 0 Å². The number of hydrogen-bond donors (Lipinski definition) is 2. The molecule has 4 N–H and O–H groups in total. The second-order valence-electron chi connectivity index (χ2n) is 5.21. The van der Waals surface area contributed by atoms with Gasteiger partial charge >= 0.3 is 0 Å². The second-order valence-corrected chi connectivity index (χ2v) is 5.21. The van der Waals surface area contributed by atoms with Crippen LogP contribution < -0.4 is 11.5 Å². The van der Waals surface area contributed by atoms with Crippen LogP contribution in [0.3, 0.4) is 0 Å². The van der Waals surface area contributed by atoms with Crippen LogP contribution in [0.25, 0.3) is 0 Å². The standard InChI is InChI=1S/C16H27N3O2/c1-4-14(5-2)19(8-9-21-3)11-13-7-6-12(16(18)20)10-15(13)17/h6-7,10,14H,4-5,8-9,11,17H2,1-3H3,(H2,18,20). The summed E-state index contributed by atoms with van der Waals surface area (Å²) >= 11 is 0. The number of nitrogens with zero attached hydrogens (tertiary/aromatic N) is 1. The van der Waals surface area contributed by atoms with Gasteiger partial charge in [-0.05, 0) is 30.5 Å². The Bertz CT molecular complexity index is 459. The topological polar surface area (TPSA) is 81.6 Å². The highest BCUT2D eigenvalue weighted by Crippen LogP contribution is 2.19. The van der Waals surface area contributed by atoms with Crippen LogP contribution in [-0.2, 0) is 11.3 Å². The Kier molecular flexibility index (Phi) is 7.19. The van der Waals surface area contributed by atoms with Gasteiger partial charge in [0.25, 0.3) is 0 Å². The SMILES string of the molecule is CCC(CC)N(CCOC)Cc1ccc(C(N)=O)cc1N. The molecule has 0 atom stereocenters. The number of anilines is 1. The van der Waals surface area contributed by atoms with Crippen molar-refractivity contribution in [2.75, 3.05) is 26.0 Å². The first-order chi connectivity index (χ1) is 10.0. The third-order valence-corrected chi connectivity index (χ3v) is 3.85. The number of primary amides is 1. The van der Waals surface area contributed by atoms with E-state index in [0.29, 0.717) is 23.9 Å². The number of nitrogens with two attached hydrogens (primary N) is 2. The molecule has 0 saturated heterocycles. The lowest BCUT2D eigenvalue weighted by Crippen LogP contribution is -2.36. The van der Waals surface area contributed by atoms with Gasteiger partial charge in [0.1, 0.15) is 0 Å². The van der Waals surface area contributed by atoms with Crippen LogP contribution in [0.5, 0.6) is 0 Å². The first-order valence-corrected chi connectivity index (χ1v) is 7.44. The lowest BCUT2D eigenvalue weighted by molar-refractivity contribution is 0.1000. The van der Waals surface area contributed by atoms with Crippen molar-refractivity contribution in [2.45, 2.75) is 39.3 Å². The highest BCUT2D eigenvalue weighted by Gasteiger charge is 2.16. The van der Waals surface area contributed by atoms with Crippen LogP contribution in [0.2, 0.25) is 0 Å². The number of ether oxygens (including phenoxy) is 1. The van der Waals surface area contributed by atoms with Crippen LogP contribution in [0.1, 0.15) is 42.6 Å². The summed E-state index contributed by atoms with van der Waals surface area (Å²) < 4.78 is 5.20. The molecule has 0 aliphatic carbocycles. The van der Waals surface area contributed by atoms with Gasteiger partial charge < -0.3 is 16.2 Å². The van der Waals surface area contributed by atoms with Gasteiger partial charge in [0.15, 0.2) is 0 Å². The molecule has 1 aromatic carbocycles. The summed E-state index contributed by atoms with van der Waals surface area (Å²) in [5.41, 5.74) is 13.4. The molecule has 5 nitrogen and oxygen atoms in total. The number of carbonyl (C=O) groups is 1. The molecule has 1 amide bonds. The third-order valence-electron chi connectivity index (χ3n) is 3.85. The minimum atomic E-state index is -0.454. The van der Waals surface area contributed by atoms with E-state index in [4.69, 9.17) is 16.2 Å². The number of nitrogen functional groups attached to an aromatic ring is 1. The van der Waals surface area contributed by atoms with Gasteiger partial charge in [0.2, 0.25) is 5.91 Å². The molecular weight excluding hydrogens is 266 g/mol. The Morgan fingerprint density at radius 3 is 2.48 bits per heavy atom. The zero-order valence-corrected chi connectivity index (χ0v) is 13.3. The number of amides is 1. The fourth-order valence-electron chi connectivity index (χ4n) is 2.52. The number of rotatable bonds is 9. The van der Waals surface area contributed by atoms with E-state index in [2.05, 4.69) is 18.7 Å². The predicted octanol–water partition coefficient (Wildman–Crippen LogP) is 2.00. The van der Waals surface area contributed by atoms with Crippen LogP contribution in [0.15, 0.2) is 18.2 Å². The van der Waals surface area contributed by atoms with Crippen molar-refractivity contribution < 1.29 is 9.53 Å². The maximum atomic E-state index is 11.2. The normalized spacial score (nSPS) is 11.3. The Balaban J connectivity index is 2.89. The summed E-state index contributed by atoms with van der Waals surface area (Å²) in [5.74, 6) is -0.454. The van der Waals surface area contributed by atoms with E-state index >= 15 is 0 Å². The van der Waals surface area contributed by atoms with Crippen molar-refractivity contribution in [1.29, 1.82) is 0 Å². The van der Waals surface area contributed by atoms with Crippen molar-refractivity contribution in [3.63, 3.8) is 0 Å². The first-order valence-electron chi connectivity index (χ1n) is 7.44. The van der Waals surface area contributed by atoms with Crippen LogP contribution in [0.4, 0.5) is 5.69 Å². The number of hydrogen-bond acceptors (Lipinski definition) is 4. The van der Waals surface area contributed by atoms with E-state index < -0.39 is 5.91 Å². The fourth-order valence-corrected chi connectivity index (χ4v) is 2.52. The van der Waals surface area contributed by atoms with Crippen molar-refractivity contribution in [3.8, 4) is 0 Å². The summed E-state index contributed by atoms with van der Waals surface area (Å²) in [6.07, 6.45) is 2.17. The molecule has 0 aliphatic rings. The van der Waals surface area contributed by atoms with Gasteiger partial charge in [-0.15, -0.1) is 0 Å². The summed E-state index contributed by atoms with van der Waals surface area (Å²) in [6, 6.07) is 5.77. The predicted molar refractivity (Wildman–Crippen MR) is 86.0 cm³/mol. The number of methoxy groups -OCH3 is 1. The Morgan fingerprint density at radius 1 is 1.33 bits per heavy atom. The zero-order valence-electron chi connectivity index (χ0n) is 13.3. The average molecular weight is 293 g/mol. The van der Waals surface area contributed by atoms with E-state index in [1.807, 2.05) is 6.07 Å². The second kappa shape index (κ2) is 8.64. The lowest BCUT2D eigenvalue weighted by Gasteiger charge is -2.30. The maximum absolute atomic E-state index is 11.2. The summed E-state index contributed by atoms with van der Waals surface area (Å²) in [7, 11) is 1.71. The van der Waals surface area contributed by atoms with Crippen LogP contribution in [0, 0.1) is 0 Å². The summed E-state index contributed by atoms with van der Waals surface area (Å²) in [6.45, 7) is 6.68. The molecule has 0 radical (unpaired) electrons. The van der Waals surface area contributed by atoms with Gasteiger partial charge in [-0.1, -0.05) is 19.9 Å². The van der Waals surface area contributed by atoms with Crippen molar-refractivity contribution >= 4 is 11.6 Å². The molecule has 1 aromatic rings. The molecular formula is C16H27N3O2. The Labute approximate surface area is 127 Å². The molecule has 118 valence electrons. The fraction of sp³-hybridized carbons (Fsp3) is 0.562. The zero-order chi connectivity index (χ0) is 15.8. The largest absolute Gasteiger partial charge is 0.398 e. The smallest absolute Gasteiger partial charge is 0.248 e. The van der Waals surface area contributed by atoms with Gasteiger partial charge in [0.05, 0.1) is 6.61 Å². The molecule has 0 fully saturated rings. The average Bonchev–Trinajstić information content (AvgIpc) is 2.47. The molecule has 0 saturated carbocycles. The van der Waals surface area contributed by atoms with Gasteiger partial charge in [-0.2, -0.15) is 0 Å². The highest BCUT2D eigenvalue weighted by atomic mass is 16.5. The van der Waals surface area contributed by atoms with Crippen molar-refractivity contribution in [3.05, 3.63) is 29.3 Å². The minimum absolute atomic E-state index is 0.447. The molecule has 0 unspecified atom stereocenters. The third kappa shape index (κ3) is 5.02. The Hall–Kier alpha value is -1.59. The molecule has 0 heterocycles. The summed E-state index contributed by atoms with van der Waals surface area (Å²) in [4.78, 5) is 13.5. The van der Waals surface area contributed by atoms with E-state index in [-0.39, 0.29) is 0 Å². The van der Waals surface area contributed by atoms with Crippen molar-refractivity contribution in [1.82, 2.24) is 4.90 Å². The number of carbonyl (C=O) groups excluding carboxylic acids is 1.